The average Bonchev–Trinajstić information content (AvgIpc) is 2.05. The van der Waals surface area contributed by atoms with E-state index in [1.54, 1.807) is 6.08 Å². The normalized spacial score (nSPS) is 9.91. The van der Waals surface area contributed by atoms with Crippen molar-refractivity contribution in [1.29, 1.82) is 0 Å². The molecule has 4 heteroatoms. The van der Waals surface area contributed by atoms with Gasteiger partial charge in [0.25, 0.3) is 0 Å². The summed E-state index contributed by atoms with van der Waals surface area (Å²) in [5.41, 5.74) is -0.422. The van der Waals surface area contributed by atoms with Crippen LogP contribution in [-0.4, -0.2) is 21.4 Å². The van der Waals surface area contributed by atoms with E-state index in [1.807, 2.05) is 13.8 Å². The predicted molar refractivity (Wildman–Crippen MR) is 42.5 cm³/mol. The van der Waals surface area contributed by atoms with E-state index in [0.717, 1.165) is 12.8 Å². The van der Waals surface area contributed by atoms with Crippen molar-refractivity contribution in [1.82, 2.24) is 0 Å². The number of rotatable bonds is 4. The molecule has 0 unspecified atom stereocenters. The van der Waals surface area contributed by atoms with Gasteiger partial charge in [0.15, 0.2) is 0 Å². The molecule has 4 nitrogen and oxygen atoms in total. The maximum absolute atomic E-state index is 8.29. The maximum Gasteiger partial charge on any atom is 0.0980 e. The molecule has 0 aliphatic carbocycles. The lowest BCUT2D eigenvalue weighted by atomic mass is 10.0. The number of allylic oxidation sites excluding steroid dienone is 1. The lowest BCUT2D eigenvalue weighted by molar-refractivity contribution is -0.313. The molecule has 0 amide bonds. The molecule has 0 saturated carbocycles. The molecule has 0 fully saturated rings. The molecular formula is C7H16O4. The molecule has 0 aliphatic heterocycles. The van der Waals surface area contributed by atoms with Gasteiger partial charge in [-0.1, -0.05) is 6.08 Å². The Labute approximate surface area is 66.6 Å². The van der Waals surface area contributed by atoms with E-state index >= 15 is 0 Å². The van der Waals surface area contributed by atoms with Crippen LogP contribution >= 0.6 is 0 Å². The van der Waals surface area contributed by atoms with Crippen LogP contribution in [0.15, 0.2) is 12.7 Å². The standard InChI is InChI=1S/C7H14O2.H2O2/c1-4-5-6-7(2,3)9-8;1-2/h4,8H,1,5-6H2,2-3H3;1-2H. The van der Waals surface area contributed by atoms with Crippen LogP contribution in [0.1, 0.15) is 26.7 Å². The second-order valence-electron chi connectivity index (χ2n) is 2.68. The van der Waals surface area contributed by atoms with E-state index in [0.29, 0.717) is 0 Å². The zero-order chi connectivity index (χ0) is 9.33. The van der Waals surface area contributed by atoms with Gasteiger partial charge < -0.3 is 0 Å². The van der Waals surface area contributed by atoms with Crippen molar-refractivity contribution in [2.45, 2.75) is 32.3 Å². The Balaban J connectivity index is 0. The van der Waals surface area contributed by atoms with E-state index in [-0.39, 0.29) is 0 Å². The highest BCUT2D eigenvalue weighted by Gasteiger charge is 2.16. The van der Waals surface area contributed by atoms with Gasteiger partial charge in [-0.3, -0.25) is 15.8 Å². The fourth-order valence-corrected chi connectivity index (χ4v) is 0.495. The van der Waals surface area contributed by atoms with Gasteiger partial charge >= 0.3 is 0 Å². The molecular weight excluding hydrogens is 148 g/mol. The average molecular weight is 164 g/mol. The molecule has 0 bridgehead atoms. The molecule has 0 radical (unpaired) electrons. The minimum Gasteiger partial charge on any atom is -0.255 e. The molecule has 0 saturated heterocycles. The monoisotopic (exact) mass is 164 g/mol. The highest BCUT2D eigenvalue weighted by Crippen LogP contribution is 2.14. The smallest absolute Gasteiger partial charge is 0.0980 e. The van der Waals surface area contributed by atoms with E-state index in [2.05, 4.69) is 11.5 Å². The second kappa shape index (κ2) is 7.68. The van der Waals surface area contributed by atoms with Crippen molar-refractivity contribution < 1.29 is 20.7 Å². The maximum atomic E-state index is 8.29. The van der Waals surface area contributed by atoms with Gasteiger partial charge in [0.1, 0.15) is 0 Å². The molecule has 0 aromatic rings. The first-order chi connectivity index (χ1) is 5.12. The molecule has 0 atom stereocenters. The Morgan fingerprint density at radius 2 is 1.91 bits per heavy atom. The van der Waals surface area contributed by atoms with Gasteiger partial charge in [-0.15, -0.1) is 6.58 Å². The molecule has 68 valence electrons. The largest absolute Gasteiger partial charge is 0.255 e. The van der Waals surface area contributed by atoms with Crippen LogP contribution in [0, 0.1) is 0 Å². The number of hydrogen-bond acceptors (Lipinski definition) is 4. The van der Waals surface area contributed by atoms with Gasteiger partial charge in [-0.05, 0) is 26.7 Å². The Hall–Kier alpha value is -0.420. The van der Waals surface area contributed by atoms with Crippen LogP contribution in [0.3, 0.4) is 0 Å². The predicted octanol–water partition coefficient (Wildman–Crippen LogP) is 2.24. The Kier molecular flexibility index (Phi) is 9.21. The summed E-state index contributed by atoms with van der Waals surface area (Å²) in [6.45, 7) is 7.22. The molecule has 0 heterocycles. The zero-order valence-corrected chi connectivity index (χ0v) is 6.95. The van der Waals surface area contributed by atoms with Crippen molar-refractivity contribution >= 4 is 0 Å². The third kappa shape index (κ3) is 9.58. The summed E-state index contributed by atoms with van der Waals surface area (Å²) in [6, 6.07) is 0. The van der Waals surface area contributed by atoms with Gasteiger partial charge in [-0.2, -0.15) is 0 Å². The lowest BCUT2D eigenvalue weighted by Crippen LogP contribution is -2.21. The molecule has 0 aromatic carbocycles. The van der Waals surface area contributed by atoms with E-state index in [4.69, 9.17) is 15.8 Å². The third-order valence-electron chi connectivity index (χ3n) is 1.20. The molecule has 0 aliphatic rings. The summed E-state index contributed by atoms with van der Waals surface area (Å²) in [4.78, 5) is 4.19. The highest BCUT2D eigenvalue weighted by atomic mass is 17.1. The SMILES string of the molecule is C=CCCC(C)(C)OO.OO. The summed E-state index contributed by atoms with van der Waals surface area (Å²) in [5.74, 6) is 0. The fourth-order valence-electron chi connectivity index (χ4n) is 0.495. The molecule has 11 heavy (non-hydrogen) atoms. The minimum atomic E-state index is -0.422. The van der Waals surface area contributed by atoms with E-state index < -0.39 is 5.60 Å². The first kappa shape index (κ1) is 13.2. The van der Waals surface area contributed by atoms with Crippen LogP contribution < -0.4 is 0 Å². The molecule has 0 spiro atoms. The first-order valence-corrected chi connectivity index (χ1v) is 3.26. The van der Waals surface area contributed by atoms with Crippen molar-refractivity contribution in [2.24, 2.45) is 0 Å². The fraction of sp³-hybridized carbons (Fsp3) is 0.714. The lowest BCUT2D eigenvalue weighted by Gasteiger charge is -2.18. The summed E-state index contributed by atoms with van der Waals surface area (Å²) in [5, 5.41) is 20.3. The third-order valence-corrected chi connectivity index (χ3v) is 1.20. The molecule has 0 rings (SSSR count). The van der Waals surface area contributed by atoms with Crippen LogP contribution in [0.2, 0.25) is 0 Å². The van der Waals surface area contributed by atoms with Crippen LogP contribution in [0.25, 0.3) is 0 Å². The minimum absolute atomic E-state index is 0.422. The highest BCUT2D eigenvalue weighted by molar-refractivity contribution is 4.74. The first-order valence-electron chi connectivity index (χ1n) is 3.26. The van der Waals surface area contributed by atoms with Crippen LogP contribution in [0.4, 0.5) is 0 Å². The Morgan fingerprint density at radius 3 is 2.18 bits per heavy atom. The van der Waals surface area contributed by atoms with Gasteiger partial charge in [-0.25, -0.2) is 4.89 Å². The Morgan fingerprint density at radius 1 is 1.45 bits per heavy atom. The summed E-state index contributed by atoms with van der Waals surface area (Å²) in [7, 11) is 0. The zero-order valence-electron chi connectivity index (χ0n) is 6.95. The molecule has 3 N–H and O–H groups in total. The summed E-state index contributed by atoms with van der Waals surface area (Å²) >= 11 is 0. The van der Waals surface area contributed by atoms with E-state index in [1.165, 1.54) is 0 Å². The van der Waals surface area contributed by atoms with Crippen molar-refractivity contribution in [3.05, 3.63) is 12.7 Å². The summed E-state index contributed by atoms with van der Waals surface area (Å²) in [6.07, 6.45) is 3.47. The summed E-state index contributed by atoms with van der Waals surface area (Å²) < 4.78 is 0. The van der Waals surface area contributed by atoms with Crippen LogP contribution in [-0.2, 0) is 4.89 Å². The second-order valence-corrected chi connectivity index (χ2v) is 2.68. The number of hydrogen-bond donors (Lipinski definition) is 3. The molecule has 0 aromatic heterocycles. The van der Waals surface area contributed by atoms with E-state index in [9.17, 15) is 0 Å². The van der Waals surface area contributed by atoms with Gasteiger partial charge in [0.05, 0.1) is 5.60 Å². The van der Waals surface area contributed by atoms with Gasteiger partial charge in [0.2, 0.25) is 0 Å². The Bertz CT molecular complexity index is 90.4. The topological polar surface area (TPSA) is 69.9 Å². The van der Waals surface area contributed by atoms with Crippen LogP contribution in [0.5, 0.6) is 0 Å². The van der Waals surface area contributed by atoms with Crippen molar-refractivity contribution in [3.8, 4) is 0 Å². The van der Waals surface area contributed by atoms with Gasteiger partial charge in [0, 0.05) is 0 Å². The van der Waals surface area contributed by atoms with Crippen molar-refractivity contribution in [3.63, 3.8) is 0 Å². The van der Waals surface area contributed by atoms with Crippen molar-refractivity contribution in [2.75, 3.05) is 0 Å². The quantitative estimate of drug-likeness (QED) is 0.338.